The van der Waals surface area contributed by atoms with E-state index in [1.54, 1.807) is 0 Å². The van der Waals surface area contributed by atoms with Gasteiger partial charge in [0, 0.05) is 16.8 Å². The summed E-state index contributed by atoms with van der Waals surface area (Å²) in [6.45, 7) is 2.19. The van der Waals surface area contributed by atoms with Crippen LogP contribution in [0.2, 0.25) is 0 Å². The Hall–Kier alpha value is -3.20. The second kappa shape index (κ2) is 5.96. The maximum atomic E-state index is 3.63. The maximum Gasteiger partial charge on any atom is 0.406 e. The van der Waals surface area contributed by atoms with Crippen molar-refractivity contribution in [2.45, 2.75) is 6.92 Å². The molecule has 2 N–H and O–H groups in total. The standard InChI is InChI=1S/C23H19BN2/c1-16-8-10-17(11-9-16)18-12-14-20(15-13-18)24-25-21-6-2-4-19-5-3-7-22(26-24)23(19)21/h2-15,25-26H,1H3. The zero-order valence-electron chi connectivity index (χ0n) is 14.7. The van der Waals surface area contributed by atoms with Crippen molar-refractivity contribution in [2.24, 2.45) is 0 Å². The highest BCUT2D eigenvalue weighted by molar-refractivity contribution is 6.80. The van der Waals surface area contributed by atoms with Crippen molar-refractivity contribution in [3.8, 4) is 11.1 Å². The molecule has 0 bridgehead atoms. The van der Waals surface area contributed by atoms with Gasteiger partial charge in [0.2, 0.25) is 0 Å². The van der Waals surface area contributed by atoms with Gasteiger partial charge in [-0.25, -0.2) is 0 Å². The number of aryl methyl sites for hydroxylation is 1. The van der Waals surface area contributed by atoms with Gasteiger partial charge in [-0.2, -0.15) is 0 Å². The molecule has 0 aliphatic carbocycles. The predicted octanol–water partition coefficient (Wildman–Crippen LogP) is 5.05. The Morgan fingerprint density at radius 1 is 0.615 bits per heavy atom. The van der Waals surface area contributed by atoms with Crippen LogP contribution in [0, 0.1) is 6.92 Å². The van der Waals surface area contributed by atoms with Gasteiger partial charge in [-0.3, -0.25) is 0 Å². The van der Waals surface area contributed by atoms with Crippen LogP contribution in [0.25, 0.3) is 21.9 Å². The topological polar surface area (TPSA) is 24.1 Å². The minimum Gasteiger partial charge on any atom is -0.405 e. The van der Waals surface area contributed by atoms with Crippen LogP contribution in [0.5, 0.6) is 0 Å². The van der Waals surface area contributed by atoms with Crippen LogP contribution in [0.1, 0.15) is 5.56 Å². The van der Waals surface area contributed by atoms with E-state index in [9.17, 15) is 0 Å². The van der Waals surface area contributed by atoms with E-state index in [1.165, 1.54) is 44.3 Å². The van der Waals surface area contributed by atoms with Crippen molar-refractivity contribution in [1.29, 1.82) is 0 Å². The molecule has 124 valence electrons. The molecule has 0 saturated carbocycles. The molecule has 0 amide bonds. The first-order valence-corrected chi connectivity index (χ1v) is 9.00. The van der Waals surface area contributed by atoms with Gasteiger partial charge < -0.3 is 10.5 Å². The molecule has 4 aromatic carbocycles. The molecule has 2 nitrogen and oxygen atoms in total. The molecule has 0 aromatic heterocycles. The summed E-state index contributed by atoms with van der Waals surface area (Å²) < 4.78 is 0. The van der Waals surface area contributed by atoms with Crippen molar-refractivity contribution in [2.75, 3.05) is 10.5 Å². The molecule has 26 heavy (non-hydrogen) atoms. The number of rotatable bonds is 2. The van der Waals surface area contributed by atoms with Gasteiger partial charge in [-0.1, -0.05) is 78.4 Å². The Kier molecular flexibility index (Phi) is 3.46. The Labute approximate surface area is 154 Å². The number of nitrogens with one attached hydrogen (secondary N) is 2. The summed E-state index contributed by atoms with van der Waals surface area (Å²) >= 11 is 0. The normalized spacial score (nSPS) is 12.6. The minimum atomic E-state index is 0.0718. The first-order valence-electron chi connectivity index (χ1n) is 9.00. The Balaban J connectivity index is 1.47. The van der Waals surface area contributed by atoms with E-state index < -0.39 is 0 Å². The van der Waals surface area contributed by atoms with Crippen molar-refractivity contribution >= 4 is 34.6 Å². The van der Waals surface area contributed by atoms with E-state index >= 15 is 0 Å². The van der Waals surface area contributed by atoms with Gasteiger partial charge in [0.25, 0.3) is 0 Å². The van der Waals surface area contributed by atoms with Crippen LogP contribution in [0.4, 0.5) is 11.4 Å². The molecule has 3 heteroatoms. The molecule has 4 aromatic rings. The highest BCUT2D eigenvalue weighted by atomic mass is 15.0. The van der Waals surface area contributed by atoms with Crippen molar-refractivity contribution in [1.82, 2.24) is 0 Å². The van der Waals surface area contributed by atoms with Crippen molar-refractivity contribution < 1.29 is 0 Å². The van der Waals surface area contributed by atoms with Gasteiger partial charge in [0.1, 0.15) is 0 Å². The molecule has 1 heterocycles. The monoisotopic (exact) mass is 334 g/mol. The Morgan fingerprint density at radius 2 is 1.15 bits per heavy atom. The van der Waals surface area contributed by atoms with Crippen LogP contribution in [-0.2, 0) is 0 Å². The smallest absolute Gasteiger partial charge is 0.405 e. The third-order valence-electron chi connectivity index (χ3n) is 5.13. The van der Waals surface area contributed by atoms with Gasteiger partial charge in [0.05, 0.1) is 0 Å². The highest BCUT2D eigenvalue weighted by Gasteiger charge is 2.25. The zero-order chi connectivity index (χ0) is 17.5. The van der Waals surface area contributed by atoms with E-state index in [0.29, 0.717) is 0 Å². The fourth-order valence-electron chi connectivity index (χ4n) is 3.71. The van der Waals surface area contributed by atoms with Crippen LogP contribution >= 0.6 is 0 Å². The SMILES string of the molecule is Cc1ccc(-c2ccc(B3Nc4cccc5cccc(c45)N3)cc2)cc1. The molecule has 1 aliphatic rings. The van der Waals surface area contributed by atoms with Gasteiger partial charge in [0.15, 0.2) is 0 Å². The molecule has 0 saturated heterocycles. The van der Waals surface area contributed by atoms with E-state index in [2.05, 4.69) is 102 Å². The van der Waals surface area contributed by atoms with Gasteiger partial charge >= 0.3 is 6.98 Å². The van der Waals surface area contributed by atoms with E-state index in [4.69, 9.17) is 0 Å². The quantitative estimate of drug-likeness (QED) is 0.501. The maximum absolute atomic E-state index is 3.63. The molecule has 0 radical (unpaired) electrons. The van der Waals surface area contributed by atoms with Crippen LogP contribution < -0.4 is 15.9 Å². The average Bonchev–Trinajstić information content (AvgIpc) is 2.69. The second-order valence-corrected chi connectivity index (χ2v) is 6.92. The van der Waals surface area contributed by atoms with Crippen LogP contribution in [-0.4, -0.2) is 6.98 Å². The average molecular weight is 334 g/mol. The van der Waals surface area contributed by atoms with Crippen LogP contribution in [0.15, 0.2) is 84.9 Å². The second-order valence-electron chi connectivity index (χ2n) is 6.92. The molecule has 0 atom stereocenters. The van der Waals surface area contributed by atoms with Crippen molar-refractivity contribution in [3.05, 3.63) is 90.5 Å². The van der Waals surface area contributed by atoms with Crippen LogP contribution in [0.3, 0.4) is 0 Å². The lowest BCUT2D eigenvalue weighted by atomic mass is 9.66. The lowest BCUT2D eigenvalue weighted by Gasteiger charge is -2.27. The number of anilines is 2. The summed E-state index contributed by atoms with van der Waals surface area (Å²) in [4.78, 5) is 0. The fourth-order valence-corrected chi connectivity index (χ4v) is 3.71. The van der Waals surface area contributed by atoms with Gasteiger partial charge in [-0.05, 0) is 41.0 Å². The molecule has 1 aliphatic heterocycles. The van der Waals surface area contributed by atoms with E-state index in [0.717, 1.165) is 0 Å². The van der Waals surface area contributed by atoms with E-state index in [1.807, 2.05) is 0 Å². The third kappa shape index (κ3) is 2.53. The summed E-state index contributed by atoms with van der Waals surface area (Å²) in [5.74, 6) is 0. The minimum absolute atomic E-state index is 0.0718. The Morgan fingerprint density at radius 3 is 1.73 bits per heavy atom. The first-order chi connectivity index (χ1) is 12.8. The first kappa shape index (κ1) is 15.1. The largest absolute Gasteiger partial charge is 0.406 e. The molecular formula is C23H19BN2. The molecule has 5 rings (SSSR count). The van der Waals surface area contributed by atoms with Crippen molar-refractivity contribution in [3.63, 3.8) is 0 Å². The van der Waals surface area contributed by atoms with E-state index in [-0.39, 0.29) is 6.98 Å². The summed E-state index contributed by atoms with van der Waals surface area (Å²) in [6.07, 6.45) is 0. The summed E-state index contributed by atoms with van der Waals surface area (Å²) in [6, 6.07) is 30.3. The number of hydrogen-bond acceptors (Lipinski definition) is 2. The molecule has 0 spiro atoms. The number of benzene rings is 4. The summed E-state index contributed by atoms with van der Waals surface area (Å²) in [5.41, 5.74) is 7.38. The Bertz CT molecular complexity index is 1040. The lowest BCUT2D eigenvalue weighted by Crippen LogP contribution is -2.47. The highest BCUT2D eigenvalue weighted by Crippen LogP contribution is 2.33. The zero-order valence-corrected chi connectivity index (χ0v) is 14.7. The summed E-state index contributed by atoms with van der Waals surface area (Å²) in [5, 5.41) is 9.79. The molecule has 0 fully saturated rings. The predicted molar refractivity (Wildman–Crippen MR) is 113 cm³/mol. The van der Waals surface area contributed by atoms with Gasteiger partial charge in [-0.15, -0.1) is 0 Å². The lowest BCUT2D eigenvalue weighted by molar-refractivity contribution is 1.47. The third-order valence-corrected chi connectivity index (χ3v) is 5.13. The molecule has 0 unspecified atom stereocenters. The molecular weight excluding hydrogens is 315 g/mol. The summed E-state index contributed by atoms with van der Waals surface area (Å²) in [7, 11) is 0. The number of hydrogen-bond donors (Lipinski definition) is 2. The fraction of sp³-hybridized carbons (Fsp3) is 0.0435.